The number of carbonyl (C=O) groups is 1. The molecule has 7 heteroatoms. The average molecular weight is 345 g/mol. The Morgan fingerprint density at radius 2 is 1.77 bits per heavy atom. The minimum absolute atomic E-state index is 0.140. The minimum atomic E-state index is -0.439. The highest BCUT2D eigenvalue weighted by Crippen LogP contribution is 2.13. The Balaban J connectivity index is 1.57. The number of amides is 1. The molecule has 0 radical (unpaired) electrons. The molecule has 4 aromatic rings. The van der Waals surface area contributed by atoms with Gasteiger partial charge in [0.1, 0.15) is 5.69 Å². The van der Waals surface area contributed by atoms with E-state index < -0.39 is 5.91 Å². The first kappa shape index (κ1) is 15.8. The molecule has 128 valence electrons. The van der Waals surface area contributed by atoms with Crippen LogP contribution in [0.15, 0.2) is 71.5 Å². The molecule has 2 aromatic heterocycles. The molecule has 2 heterocycles. The number of aromatic amines is 1. The lowest BCUT2D eigenvalue weighted by Gasteiger charge is -2.07. The second-order valence-corrected chi connectivity index (χ2v) is 5.76. The molecule has 2 aromatic carbocycles. The van der Waals surface area contributed by atoms with Crippen molar-refractivity contribution in [3.05, 3.63) is 88.3 Å². The number of rotatable bonds is 4. The van der Waals surface area contributed by atoms with Gasteiger partial charge < -0.3 is 4.98 Å². The summed E-state index contributed by atoms with van der Waals surface area (Å²) in [6.45, 7) is 0.297. The van der Waals surface area contributed by atoms with E-state index in [1.54, 1.807) is 0 Å². The van der Waals surface area contributed by atoms with Gasteiger partial charge in [0.05, 0.1) is 17.6 Å². The fourth-order valence-corrected chi connectivity index (χ4v) is 2.62. The van der Waals surface area contributed by atoms with E-state index in [1.807, 2.05) is 54.6 Å². The molecule has 1 amide bonds. The van der Waals surface area contributed by atoms with Gasteiger partial charge in [-0.3, -0.25) is 14.9 Å². The molecule has 0 unspecified atom stereocenters. The third-order valence-corrected chi connectivity index (χ3v) is 3.90. The molecule has 26 heavy (non-hydrogen) atoms. The monoisotopic (exact) mass is 345 g/mol. The fourth-order valence-electron chi connectivity index (χ4n) is 2.62. The third-order valence-electron chi connectivity index (χ3n) is 3.90. The number of benzene rings is 2. The average Bonchev–Trinajstić information content (AvgIpc) is 3.06. The number of hydrogen-bond donors (Lipinski definition) is 2. The molecule has 0 saturated heterocycles. The summed E-state index contributed by atoms with van der Waals surface area (Å²) >= 11 is 0. The van der Waals surface area contributed by atoms with Crippen molar-refractivity contribution in [3.63, 3.8) is 0 Å². The summed E-state index contributed by atoms with van der Waals surface area (Å²) in [5.74, 6) is -0.107. The Kier molecular flexibility index (Phi) is 4.03. The Labute approximate surface area is 148 Å². The zero-order valence-electron chi connectivity index (χ0n) is 13.7. The molecular formula is C19H15N5O2. The van der Waals surface area contributed by atoms with Gasteiger partial charge in [-0.2, -0.15) is 5.10 Å². The number of imidazole rings is 1. The van der Waals surface area contributed by atoms with Crippen LogP contribution in [0.3, 0.4) is 0 Å². The van der Waals surface area contributed by atoms with Crippen LogP contribution in [-0.4, -0.2) is 25.7 Å². The van der Waals surface area contributed by atoms with E-state index >= 15 is 0 Å². The normalized spacial score (nSPS) is 10.8. The number of para-hydroxylation sites is 2. The van der Waals surface area contributed by atoms with Crippen LogP contribution in [0.5, 0.6) is 0 Å². The van der Waals surface area contributed by atoms with Crippen molar-refractivity contribution >= 4 is 22.9 Å². The van der Waals surface area contributed by atoms with Gasteiger partial charge in [0.2, 0.25) is 5.95 Å². The lowest BCUT2D eigenvalue weighted by molar-refractivity contribution is 0.101. The topological polar surface area (TPSA) is 92.7 Å². The largest absolute Gasteiger partial charge is 0.324 e. The first-order valence-corrected chi connectivity index (χ1v) is 8.07. The van der Waals surface area contributed by atoms with Crippen LogP contribution in [0.4, 0.5) is 5.95 Å². The zero-order chi connectivity index (χ0) is 17.9. The van der Waals surface area contributed by atoms with E-state index in [2.05, 4.69) is 20.4 Å². The molecule has 0 aliphatic carbocycles. The number of fused-ring (bicyclic) bond motifs is 1. The van der Waals surface area contributed by atoms with Gasteiger partial charge in [-0.25, -0.2) is 9.67 Å². The van der Waals surface area contributed by atoms with Gasteiger partial charge in [-0.1, -0.05) is 42.5 Å². The third kappa shape index (κ3) is 3.23. The quantitative estimate of drug-likeness (QED) is 0.594. The Bertz CT molecular complexity index is 1100. The summed E-state index contributed by atoms with van der Waals surface area (Å²) < 4.78 is 1.27. The maximum atomic E-state index is 12.5. The highest BCUT2D eigenvalue weighted by atomic mass is 16.2. The summed E-state index contributed by atoms with van der Waals surface area (Å²) in [7, 11) is 0. The predicted octanol–water partition coefficient (Wildman–Crippen LogP) is 2.42. The Morgan fingerprint density at radius 1 is 1.00 bits per heavy atom. The number of nitrogens with zero attached hydrogens (tertiary/aromatic N) is 3. The molecule has 0 aliphatic heterocycles. The summed E-state index contributed by atoms with van der Waals surface area (Å²) in [6.07, 6.45) is 0. The lowest BCUT2D eigenvalue weighted by Crippen LogP contribution is -2.26. The number of anilines is 1. The summed E-state index contributed by atoms with van der Waals surface area (Å²) in [6, 6.07) is 19.7. The van der Waals surface area contributed by atoms with E-state index in [0.717, 1.165) is 16.6 Å². The van der Waals surface area contributed by atoms with Crippen molar-refractivity contribution in [1.29, 1.82) is 0 Å². The van der Waals surface area contributed by atoms with E-state index in [4.69, 9.17) is 0 Å². The summed E-state index contributed by atoms with van der Waals surface area (Å²) in [4.78, 5) is 31.8. The first-order valence-electron chi connectivity index (χ1n) is 8.07. The molecule has 0 bridgehead atoms. The molecule has 0 spiro atoms. The van der Waals surface area contributed by atoms with Crippen LogP contribution in [-0.2, 0) is 6.54 Å². The van der Waals surface area contributed by atoms with Crippen molar-refractivity contribution in [2.45, 2.75) is 6.54 Å². The lowest BCUT2D eigenvalue weighted by atomic mass is 10.2. The van der Waals surface area contributed by atoms with E-state index in [9.17, 15) is 9.59 Å². The van der Waals surface area contributed by atoms with Gasteiger partial charge in [-0.15, -0.1) is 0 Å². The van der Waals surface area contributed by atoms with Gasteiger partial charge >= 0.3 is 0 Å². The van der Waals surface area contributed by atoms with Crippen molar-refractivity contribution in [2.24, 2.45) is 0 Å². The second-order valence-electron chi connectivity index (χ2n) is 5.76. The SMILES string of the molecule is O=C(Nc1nc2ccccc2[nH]1)c1ccc(=O)n(Cc2ccccc2)n1. The smallest absolute Gasteiger partial charge is 0.278 e. The van der Waals surface area contributed by atoms with Crippen molar-refractivity contribution in [2.75, 3.05) is 5.32 Å². The highest BCUT2D eigenvalue weighted by Gasteiger charge is 2.12. The Hall–Kier alpha value is -3.74. The molecule has 0 atom stereocenters. The van der Waals surface area contributed by atoms with Crippen LogP contribution in [0.2, 0.25) is 0 Å². The predicted molar refractivity (Wildman–Crippen MR) is 98.1 cm³/mol. The van der Waals surface area contributed by atoms with Crippen molar-refractivity contribution in [1.82, 2.24) is 19.7 Å². The van der Waals surface area contributed by atoms with E-state index in [0.29, 0.717) is 12.5 Å². The molecule has 7 nitrogen and oxygen atoms in total. The molecule has 0 aliphatic rings. The molecule has 2 N–H and O–H groups in total. The van der Waals surface area contributed by atoms with Crippen LogP contribution in [0.1, 0.15) is 16.1 Å². The van der Waals surface area contributed by atoms with Crippen LogP contribution >= 0.6 is 0 Å². The number of H-pyrrole nitrogens is 1. The molecular weight excluding hydrogens is 330 g/mol. The van der Waals surface area contributed by atoms with Crippen LogP contribution < -0.4 is 10.9 Å². The van der Waals surface area contributed by atoms with E-state index in [-0.39, 0.29) is 11.3 Å². The number of hydrogen-bond acceptors (Lipinski definition) is 4. The standard InChI is InChI=1S/C19H15N5O2/c25-17-11-10-16(23-24(17)12-13-6-2-1-3-7-13)18(26)22-19-20-14-8-4-5-9-15(14)21-19/h1-11H,12H2,(H2,20,21,22,26). The fraction of sp³-hybridized carbons (Fsp3) is 0.0526. The van der Waals surface area contributed by atoms with Crippen molar-refractivity contribution in [3.8, 4) is 0 Å². The zero-order valence-corrected chi connectivity index (χ0v) is 13.7. The molecule has 4 rings (SSSR count). The maximum Gasteiger partial charge on any atom is 0.278 e. The van der Waals surface area contributed by atoms with Gasteiger partial charge in [-0.05, 0) is 23.8 Å². The van der Waals surface area contributed by atoms with E-state index in [1.165, 1.54) is 16.8 Å². The summed E-state index contributed by atoms with van der Waals surface area (Å²) in [5.41, 5.74) is 2.38. The number of carbonyl (C=O) groups excluding carboxylic acids is 1. The highest BCUT2D eigenvalue weighted by molar-refractivity contribution is 6.02. The minimum Gasteiger partial charge on any atom is -0.324 e. The second kappa shape index (κ2) is 6.64. The van der Waals surface area contributed by atoms with Crippen LogP contribution in [0, 0.1) is 0 Å². The Morgan fingerprint density at radius 3 is 2.58 bits per heavy atom. The molecule has 0 saturated carbocycles. The summed E-state index contributed by atoms with van der Waals surface area (Å²) in [5, 5.41) is 6.84. The number of aromatic nitrogens is 4. The van der Waals surface area contributed by atoms with Crippen LogP contribution in [0.25, 0.3) is 11.0 Å². The molecule has 0 fully saturated rings. The van der Waals surface area contributed by atoms with Gasteiger partial charge in [0.25, 0.3) is 11.5 Å². The van der Waals surface area contributed by atoms with Crippen molar-refractivity contribution < 1.29 is 4.79 Å². The maximum absolute atomic E-state index is 12.5. The first-order chi connectivity index (χ1) is 12.7. The van der Waals surface area contributed by atoms with Gasteiger partial charge in [0, 0.05) is 6.07 Å². The van der Waals surface area contributed by atoms with Gasteiger partial charge in [0.15, 0.2) is 0 Å². The number of nitrogens with one attached hydrogen (secondary N) is 2.